The Morgan fingerprint density at radius 3 is 3.00 bits per heavy atom. The highest BCUT2D eigenvalue weighted by Crippen LogP contribution is 2.17. The summed E-state index contributed by atoms with van der Waals surface area (Å²) < 4.78 is 4.96. The smallest absolute Gasteiger partial charge is 0.408 e. The molecule has 0 radical (unpaired) electrons. The van der Waals surface area contributed by atoms with Crippen molar-refractivity contribution in [2.75, 3.05) is 6.54 Å². The molecule has 3 rings (SSSR count). The summed E-state index contributed by atoms with van der Waals surface area (Å²) in [5.74, 6) is -0.425. The van der Waals surface area contributed by atoms with E-state index in [0.29, 0.717) is 16.7 Å². The lowest BCUT2D eigenvalue weighted by Crippen LogP contribution is -2.40. The molecule has 1 saturated heterocycles. The summed E-state index contributed by atoms with van der Waals surface area (Å²) in [6.07, 6.45) is 3.06. The van der Waals surface area contributed by atoms with Crippen LogP contribution in [-0.4, -0.2) is 23.4 Å². The minimum absolute atomic E-state index is 0.0699. The van der Waals surface area contributed by atoms with Crippen molar-refractivity contribution in [2.45, 2.75) is 25.3 Å². The lowest BCUT2D eigenvalue weighted by atomic mass is 9.96. The van der Waals surface area contributed by atoms with Gasteiger partial charge in [0.1, 0.15) is 0 Å². The van der Waals surface area contributed by atoms with E-state index in [0.717, 1.165) is 25.8 Å². The van der Waals surface area contributed by atoms with Crippen LogP contribution in [0.2, 0.25) is 0 Å². The van der Waals surface area contributed by atoms with Crippen molar-refractivity contribution in [1.82, 2.24) is 10.3 Å². The molecule has 1 aliphatic heterocycles. The van der Waals surface area contributed by atoms with Crippen LogP contribution in [-0.2, 0) is 0 Å². The number of carbonyl (C=O) groups is 1. The lowest BCUT2D eigenvalue weighted by Gasteiger charge is -2.22. The molecule has 0 aliphatic carbocycles. The average Bonchev–Trinajstić information content (AvgIpc) is 2.78. The summed E-state index contributed by atoms with van der Waals surface area (Å²) in [7, 11) is 0. The van der Waals surface area contributed by atoms with Crippen LogP contribution >= 0.6 is 0 Å². The van der Waals surface area contributed by atoms with Crippen LogP contribution in [0.25, 0.3) is 11.1 Å². The van der Waals surface area contributed by atoms with Gasteiger partial charge in [-0.15, -0.1) is 0 Å². The summed E-state index contributed by atoms with van der Waals surface area (Å²) >= 11 is 0. The second kappa shape index (κ2) is 4.42. The third-order valence-electron chi connectivity index (χ3n) is 3.33. The molecule has 1 aromatic carbocycles. The predicted octanol–water partition coefficient (Wildman–Crippen LogP) is 1.45. The van der Waals surface area contributed by atoms with Crippen molar-refractivity contribution in [3.05, 3.63) is 34.3 Å². The number of aromatic nitrogens is 1. The van der Waals surface area contributed by atoms with Gasteiger partial charge in [-0.1, -0.05) is 6.42 Å². The van der Waals surface area contributed by atoms with E-state index in [4.69, 9.17) is 4.42 Å². The molecular formula is C13H14N2O3. The van der Waals surface area contributed by atoms with Gasteiger partial charge in [-0.05, 0) is 37.6 Å². The number of fused-ring (bicyclic) bond motifs is 1. The molecule has 1 aromatic heterocycles. The van der Waals surface area contributed by atoms with Gasteiger partial charge in [0.25, 0.3) is 0 Å². The molecule has 1 aliphatic rings. The van der Waals surface area contributed by atoms with E-state index in [1.54, 1.807) is 18.2 Å². The van der Waals surface area contributed by atoms with E-state index in [1.807, 2.05) is 0 Å². The zero-order valence-corrected chi connectivity index (χ0v) is 9.86. The van der Waals surface area contributed by atoms with Gasteiger partial charge >= 0.3 is 5.76 Å². The first-order chi connectivity index (χ1) is 8.74. The first-order valence-corrected chi connectivity index (χ1v) is 6.14. The van der Waals surface area contributed by atoms with Gasteiger partial charge in [0.05, 0.1) is 11.6 Å². The zero-order valence-electron chi connectivity index (χ0n) is 9.86. The number of hydrogen-bond acceptors (Lipinski definition) is 4. The fourth-order valence-electron chi connectivity index (χ4n) is 2.38. The number of Topliss-reactive ketones (excluding diaryl/α,β-unsaturated/α-hetero) is 1. The summed E-state index contributed by atoms with van der Waals surface area (Å²) in [6.45, 7) is 0.887. The van der Waals surface area contributed by atoms with Crippen molar-refractivity contribution < 1.29 is 9.21 Å². The molecule has 2 heterocycles. The highest BCUT2D eigenvalue weighted by Gasteiger charge is 2.22. The summed E-state index contributed by atoms with van der Waals surface area (Å²) in [4.78, 5) is 25.9. The first kappa shape index (κ1) is 11.2. The van der Waals surface area contributed by atoms with Gasteiger partial charge in [0.2, 0.25) is 0 Å². The molecular weight excluding hydrogens is 232 g/mol. The molecule has 1 unspecified atom stereocenters. The molecule has 0 saturated carbocycles. The number of rotatable bonds is 2. The largest absolute Gasteiger partial charge is 0.417 e. The number of oxazole rings is 1. The Labute approximate surface area is 103 Å². The minimum Gasteiger partial charge on any atom is -0.408 e. The molecule has 1 fully saturated rings. The fraction of sp³-hybridized carbons (Fsp3) is 0.385. The summed E-state index contributed by atoms with van der Waals surface area (Å²) in [6, 6.07) is 4.95. The summed E-state index contributed by atoms with van der Waals surface area (Å²) in [5.41, 5.74) is 1.64. The maximum Gasteiger partial charge on any atom is 0.417 e. The van der Waals surface area contributed by atoms with Crippen LogP contribution < -0.4 is 11.1 Å². The van der Waals surface area contributed by atoms with Crippen molar-refractivity contribution in [2.24, 2.45) is 0 Å². The summed E-state index contributed by atoms with van der Waals surface area (Å²) in [5, 5.41) is 3.22. The fourth-order valence-corrected chi connectivity index (χ4v) is 2.38. The molecule has 2 aromatic rings. The van der Waals surface area contributed by atoms with Crippen LogP contribution in [0, 0.1) is 0 Å². The van der Waals surface area contributed by atoms with Gasteiger partial charge in [0.15, 0.2) is 11.4 Å². The number of H-pyrrole nitrogens is 1. The molecule has 94 valence electrons. The Hall–Kier alpha value is -1.88. The Morgan fingerprint density at radius 2 is 2.22 bits per heavy atom. The second-order valence-electron chi connectivity index (χ2n) is 4.59. The van der Waals surface area contributed by atoms with Crippen LogP contribution in [0.5, 0.6) is 0 Å². The van der Waals surface area contributed by atoms with Crippen molar-refractivity contribution in [3.63, 3.8) is 0 Å². The Bertz CT molecular complexity index is 635. The number of aromatic amines is 1. The monoisotopic (exact) mass is 246 g/mol. The highest BCUT2D eigenvalue weighted by atomic mass is 16.4. The Morgan fingerprint density at radius 1 is 1.33 bits per heavy atom. The topological polar surface area (TPSA) is 75.1 Å². The van der Waals surface area contributed by atoms with Crippen LogP contribution in [0.15, 0.2) is 27.4 Å². The van der Waals surface area contributed by atoms with Crippen LogP contribution in [0.4, 0.5) is 0 Å². The van der Waals surface area contributed by atoms with Gasteiger partial charge < -0.3 is 9.73 Å². The molecule has 1 atom stereocenters. The lowest BCUT2D eigenvalue weighted by molar-refractivity contribution is 0.0927. The van der Waals surface area contributed by atoms with E-state index in [9.17, 15) is 9.59 Å². The number of piperidine rings is 1. The highest BCUT2D eigenvalue weighted by molar-refractivity contribution is 6.02. The molecule has 5 heteroatoms. The number of carbonyl (C=O) groups excluding carboxylic acids is 1. The third-order valence-corrected chi connectivity index (χ3v) is 3.33. The van der Waals surface area contributed by atoms with Gasteiger partial charge in [0, 0.05) is 5.56 Å². The second-order valence-corrected chi connectivity index (χ2v) is 4.59. The van der Waals surface area contributed by atoms with E-state index < -0.39 is 5.76 Å². The van der Waals surface area contributed by atoms with E-state index in [-0.39, 0.29) is 11.8 Å². The third kappa shape index (κ3) is 1.97. The maximum absolute atomic E-state index is 12.3. The van der Waals surface area contributed by atoms with Gasteiger partial charge in [-0.3, -0.25) is 9.78 Å². The number of hydrogen-bond donors (Lipinski definition) is 2. The maximum atomic E-state index is 12.3. The SMILES string of the molecule is O=C(c1ccc2[nH]c(=O)oc2c1)C1CCCCN1. The average molecular weight is 246 g/mol. The minimum atomic E-state index is -0.495. The number of ketones is 1. The van der Waals surface area contributed by atoms with Gasteiger partial charge in [-0.25, -0.2) is 4.79 Å². The molecule has 0 amide bonds. The quantitative estimate of drug-likeness (QED) is 0.786. The molecule has 0 bridgehead atoms. The van der Waals surface area contributed by atoms with E-state index >= 15 is 0 Å². The molecule has 18 heavy (non-hydrogen) atoms. The Balaban J connectivity index is 1.92. The predicted molar refractivity (Wildman–Crippen MR) is 66.8 cm³/mol. The number of nitrogens with one attached hydrogen (secondary N) is 2. The van der Waals surface area contributed by atoms with Crippen molar-refractivity contribution in [3.8, 4) is 0 Å². The first-order valence-electron chi connectivity index (χ1n) is 6.14. The normalized spacial score (nSPS) is 20.1. The van der Waals surface area contributed by atoms with E-state index in [1.165, 1.54) is 0 Å². The van der Waals surface area contributed by atoms with Crippen molar-refractivity contribution >= 4 is 16.9 Å². The molecule has 0 spiro atoms. The van der Waals surface area contributed by atoms with Crippen LogP contribution in [0.3, 0.4) is 0 Å². The van der Waals surface area contributed by atoms with Crippen LogP contribution in [0.1, 0.15) is 29.6 Å². The van der Waals surface area contributed by atoms with E-state index in [2.05, 4.69) is 10.3 Å². The standard InChI is InChI=1S/C13H14N2O3/c16-12(10-3-1-2-6-14-10)8-4-5-9-11(7-8)18-13(17)15-9/h4-5,7,10,14H,1-3,6H2,(H,15,17). The number of benzene rings is 1. The van der Waals surface area contributed by atoms with Gasteiger partial charge in [-0.2, -0.15) is 0 Å². The van der Waals surface area contributed by atoms with Crippen molar-refractivity contribution in [1.29, 1.82) is 0 Å². The molecule has 5 nitrogen and oxygen atoms in total. The molecule has 2 N–H and O–H groups in total. The Kier molecular flexibility index (Phi) is 2.76. The zero-order chi connectivity index (χ0) is 12.5.